The molecule has 1 unspecified atom stereocenters. The molecule has 2 amide bonds. The standard InChI is InChI=1S/C11H11BrF2N2O3/c1-5(10(17)18)16(2)11(19)15-9-3-6(12)7(13)4-8(9)14/h3-5H,1-2H3,(H,15,19)(H,17,18). The predicted molar refractivity (Wildman–Crippen MR) is 67.9 cm³/mol. The summed E-state index contributed by atoms with van der Waals surface area (Å²) in [6, 6.07) is -0.221. The van der Waals surface area contributed by atoms with Crippen molar-refractivity contribution in [3.05, 3.63) is 28.2 Å². The van der Waals surface area contributed by atoms with Gasteiger partial charge in [0.05, 0.1) is 10.2 Å². The van der Waals surface area contributed by atoms with Crippen LogP contribution in [0.15, 0.2) is 16.6 Å². The molecule has 0 saturated carbocycles. The number of carboxylic acids is 1. The van der Waals surface area contributed by atoms with E-state index in [2.05, 4.69) is 21.2 Å². The first-order valence-electron chi connectivity index (χ1n) is 5.15. The van der Waals surface area contributed by atoms with Crippen molar-refractivity contribution >= 4 is 33.6 Å². The number of aliphatic carboxylic acids is 1. The third kappa shape index (κ3) is 3.63. The van der Waals surface area contributed by atoms with E-state index in [1.54, 1.807) is 0 Å². The van der Waals surface area contributed by atoms with E-state index in [9.17, 15) is 18.4 Å². The molecule has 2 N–H and O–H groups in total. The molecule has 0 aliphatic heterocycles. The molecule has 1 aromatic carbocycles. The number of halogens is 3. The lowest BCUT2D eigenvalue weighted by molar-refractivity contribution is -0.141. The monoisotopic (exact) mass is 336 g/mol. The van der Waals surface area contributed by atoms with Crippen molar-refractivity contribution < 1.29 is 23.5 Å². The maximum atomic E-state index is 13.4. The summed E-state index contributed by atoms with van der Waals surface area (Å²) in [6.45, 7) is 1.30. The van der Waals surface area contributed by atoms with Crippen molar-refractivity contribution in [1.82, 2.24) is 4.90 Å². The molecular formula is C11H11BrF2N2O3. The zero-order valence-corrected chi connectivity index (χ0v) is 11.7. The van der Waals surface area contributed by atoms with Gasteiger partial charge in [-0.3, -0.25) is 0 Å². The molecule has 0 saturated heterocycles. The number of rotatable bonds is 3. The molecule has 0 aromatic heterocycles. The summed E-state index contributed by atoms with van der Waals surface area (Å²) in [4.78, 5) is 23.3. The number of carboxylic acid groups (broad SMARTS) is 1. The Kier molecular flexibility index (Phi) is 4.82. The lowest BCUT2D eigenvalue weighted by atomic mass is 10.3. The number of anilines is 1. The summed E-state index contributed by atoms with van der Waals surface area (Å²) < 4.78 is 26.4. The Morgan fingerprint density at radius 2 is 1.95 bits per heavy atom. The van der Waals surface area contributed by atoms with Crippen molar-refractivity contribution in [3.8, 4) is 0 Å². The normalized spacial score (nSPS) is 11.8. The molecule has 0 spiro atoms. The van der Waals surface area contributed by atoms with Gasteiger partial charge >= 0.3 is 12.0 Å². The highest BCUT2D eigenvalue weighted by molar-refractivity contribution is 9.10. The molecule has 1 aromatic rings. The molecule has 0 aliphatic rings. The molecule has 104 valence electrons. The van der Waals surface area contributed by atoms with Crippen molar-refractivity contribution in [2.24, 2.45) is 0 Å². The van der Waals surface area contributed by atoms with Gasteiger partial charge in [-0.2, -0.15) is 0 Å². The molecular weight excluding hydrogens is 326 g/mol. The van der Waals surface area contributed by atoms with Crippen LogP contribution in [0.1, 0.15) is 6.92 Å². The van der Waals surface area contributed by atoms with Crippen LogP contribution in [0.4, 0.5) is 19.3 Å². The fourth-order valence-electron chi connectivity index (χ4n) is 1.16. The Balaban J connectivity index is 2.88. The highest BCUT2D eigenvalue weighted by Gasteiger charge is 2.22. The van der Waals surface area contributed by atoms with Gasteiger partial charge < -0.3 is 15.3 Å². The minimum Gasteiger partial charge on any atom is -0.480 e. The van der Waals surface area contributed by atoms with E-state index < -0.39 is 29.7 Å². The fraction of sp³-hybridized carbons (Fsp3) is 0.273. The largest absolute Gasteiger partial charge is 0.480 e. The minimum absolute atomic E-state index is 0.0156. The molecule has 0 radical (unpaired) electrons. The number of carbonyl (C=O) groups is 2. The van der Waals surface area contributed by atoms with E-state index in [0.717, 1.165) is 11.0 Å². The number of hydrogen-bond donors (Lipinski definition) is 2. The van der Waals surface area contributed by atoms with Crippen molar-refractivity contribution in [2.75, 3.05) is 12.4 Å². The SMILES string of the molecule is CC(C(=O)O)N(C)C(=O)Nc1cc(Br)c(F)cc1F. The van der Waals surface area contributed by atoms with Crippen LogP contribution in [0.5, 0.6) is 0 Å². The molecule has 0 bridgehead atoms. The van der Waals surface area contributed by atoms with Gasteiger partial charge in [-0.15, -0.1) is 0 Å². The molecule has 0 fully saturated rings. The zero-order valence-electron chi connectivity index (χ0n) is 10.1. The first-order chi connectivity index (χ1) is 8.73. The van der Waals surface area contributed by atoms with E-state index in [1.807, 2.05) is 0 Å². The maximum absolute atomic E-state index is 13.4. The van der Waals surface area contributed by atoms with Gasteiger partial charge in [0.2, 0.25) is 0 Å². The maximum Gasteiger partial charge on any atom is 0.326 e. The van der Waals surface area contributed by atoms with Crippen LogP contribution in [0.2, 0.25) is 0 Å². The summed E-state index contributed by atoms with van der Waals surface area (Å²) in [5, 5.41) is 10.9. The molecule has 0 heterocycles. The van der Waals surface area contributed by atoms with Gasteiger partial charge in [0.15, 0.2) is 0 Å². The molecule has 19 heavy (non-hydrogen) atoms. The van der Waals surface area contributed by atoms with Gasteiger partial charge in [0, 0.05) is 13.1 Å². The number of benzene rings is 1. The highest BCUT2D eigenvalue weighted by Crippen LogP contribution is 2.23. The highest BCUT2D eigenvalue weighted by atomic mass is 79.9. The van der Waals surface area contributed by atoms with Crippen molar-refractivity contribution in [1.29, 1.82) is 0 Å². The van der Waals surface area contributed by atoms with Gasteiger partial charge in [-0.05, 0) is 28.9 Å². The van der Waals surface area contributed by atoms with Crippen LogP contribution >= 0.6 is 15.9 Å². The van der Waals surface area contributed by atoms with Crippen LogP contribution < -0.4 is 5.32 Å². The van der Waals surface area contributed by atoms with Crippen LogP contribution in [0.25, 0.3) is 0 Å². The number of nitrogens with one attached hydrogen (secondary N) is 1. The third-order valence-electron chi connectivity index (χ3n) is 2.51. The van der Waals surface area contributed by atoms with Crippen LogP contribution in [0, 0.1) is 11.6 Å². The van der Waals surface area contributed by atoms with Gasteiger partial charge in [0.25, 0.3) is 0 Å². The molecule has 8 heteroatoms. The number of urea groups is 1. The summed E-state index contributed by atoms with van der Waals surface area (Å²) in [6.07, 6.45) is 0. The lowest BCUT2D eigenvalue weighted by Gasteiger charge is -2.22. The average molecular weight is 337 g/mol. The average Bonchev–Trinajstić information content (AvgIpc) is 2.33. The summed E-state index contributed by atoms with van der Waals surface area (Å²) in [5.41, 5.74) is -0.247. The van der Waals surface area contributed by atoms with E-state index in [-0.39, 0.29) is 10.2 Å². The molecule has 5 nitrogen and oxygen atoms in total. The fourth-order valence-corrected chi connectivity index (χ4v) is 1.51. The van der Waals surface area contributed by atoms with Crippen molar-refractivity contribution in [2.45, 2.75) is 13.0 Å². The summed E-state index contributed by atoms with van der Waals surface area (Å²) >= 11 is 2.86. The van der Waals surface area contributed by atoms with E-state index in [1.165, 1.54) is 14.0 Å². The van der Waals surface area contributed by atoms with Gasteiger partial charge in [0.1, 0.15) is 17.7 Å². The van der Waals surface area contributed by atoms with Crippen LogP contribution in [-0.2, 0) is 4.79 Å². The Morgan fingerprint density at radius 3 is 2.47 bits per heavy atom. The third-order valence-corrected chi connectivity index (χ3v) is 3.12. The quantitative estimate of drug-likeness (QED) is 0.833. The lowest BCUT2D eigenvalue weighted by Crippen LogP contribution is -2.42. The second-order valence-corrected chi connectivity index (χ2v) is 4.66. The topological polar surface area (TPSA) is 69.6 Å². The van der Waals surface area contributed by atoms with E-state index in [0.29, 0.717) is 6.07 Å². The minimum atomic E-state index is -1.20. The number of amides is 2. The first kappa shape index (κ1) is 15.4. The smallest absolute Gasteiger partial charge is 0.326 e. The Morgan fingerprint density at radius 1 is 1.37 bits per heavy atom. The Bertz CT molecular complexity index is 525. The molecule has 1 rings (SSSR count). The Labute approximate surface area is 116 Å². The van der Waals surface area contributed by atoms with Crippen LogP contribution in [0.3, 0.4) is 0 Å². The number of carbonyl (C=O) groups excluding carboxylic acids is 1. The molecule has 0 aliphatic carbocycles. The predicted octanol–water partition coefficient (Wildman–Crippen LogP) is 2.66. The summed E-state index contributed by atoms with van der Waals surface area (Å²) in [5.74, 6) is -2.95. The first-order valence-corrected chi connectivity index (χ1v) is 5.94. The van der Waals surface area contributed by atoms with Gasteiger partial charge in [-0.25, -0.2) is 18.4 Å². The van der Waals surface area contributed by atoms with E-state index >= 15 is 0 Å². The second kappa shape index (κ2) is 5.96. The Hall–Kier alpha value is -1.70. The van der Waals surface area contributed by atoms with Crippen molar-refractivity contribution in [3.63, 3.8) is 0 Å². The number of hydrogen-bond acceptors (Lipinski definition) is 2. The van der Waals surface area contributed by atoms with Crippen LogP contribution in [-0.4, -0.2) is 35.1 Å². The van der Waals surface area contributed by atoms with Gasteiger partial charge in [-0.1, -0.05) is 0 Å². The molecule has 1 atom stereocenters. The zero-order chi connectivity index (χ0) is 14.7. The van der Waals surface area contributed by atoms with E-state index in [4.69, 9.17) is 5.11 Å². The number of nitrogens with zero attached hydrogens (tertiary/aromatic N) is 1. The second-order valence-electron chi connectivity index (χ2n) is 3.80. The summed E-state index contributed by atoms with van der Waals surface area (Å²) in [7, 11) is 1.25. The number of likely N-dealkylation sites (N-methyl/N-ethyl adjacent to an activating group) is 1.